The molecule has 1 aromatic heterocycles. The number of carbonyl (C=O) groups is 2. The lowest BCUT2D eigenvalue weighted by Crippen LogP contribution is -2.41. The molecule has 7 nitrogen and oxygen atoms in total. The van der Waals surface area contributed by atoms with Crippen LogP contribution in [0.1, 0.15) is 13.8 Å². The standard InChI is InChI=1S/C15H19N3O4/c1-10(2)7-17(9-14(20)21)13(19)8-18-12-6-4-3-5-11(12)16-15(18)22/h3-6,10H,7-9H2,1-2H3,(H,16,22)(H,20,21). The van der Waals surface area contributed by atoms with Gasteiger partial charge in [-0.2, -0.15) is 0 Å². The van der Waals surface area contributed by atoms with Gasteiger partial charge < -0.3 is 15.0 Å². The highest BCUT2D eigenvalue weighted by molar-refractivity contribution is 5.83. The fourth-order valence-electron chi connectivity index (χ4n) is 2.36. The number of aromatic nitrogens is 2. The lowest BCUT2D eigenvalue weighted by molar-refractivity contribution is -0.145. The van der Waals surface area contributed by atoms with Crippen molar-refractivity contribution in [3.8, 4) is 0 Å². The number of aliphatic carboxylic acids is 1. The van der Waals surface area contributed by atoms with Crippen LogP contribution in [0.3, 0.4) is 0 Å². The Balaban J connectivity index is 2.26. The maximum atomic E-state index is 12.4. The van der Waals surface area contributed by atoms with E-state index in [1.807, 2.05) is 13.8 Å². The molecule has 0 aliphatic rings. The zero-order chi connectivity index (χ0) is 16.3. The molecule has 2 rings (SSSR count). The highest BCUT2D eigenvalue weighted by Crippen LogP contribution is 2.09. The number of amides is 1. The van der Waals surface area contributed by atoms with Crippen LogP contribution in [0.2, 0.25) is 0 Å². The topological polar surface area (TPSA) is 95.4 Å². The average Bonchev–Trinajstić information content (AvgIpc) is 2.73. The van der Waals surface area contributed by atoms with Crippen LogP contribution in [0.5, 0.6) is 0 Å². The Hall–Kier alpha value is -2.57. The Bertz CT molecular complexity index is 745. The third-order valence-electron chi connectivity index (χ3n) is 3.24. The lowest BCUT2D eigenvalue weighted by Gasteiger charge is -2.22. The number of rotatable bonds is 6. The van der Waals surface area contributed by atoms with E-state index in [2.05, 4.69) is 4.98 Å². The van der Waals surface area contributed by atoms with Gasteiger partial charge in [-0.1, -0.05) is 26.0 Å². The van der Waals surface area contributed by atoms with E-state index in [0.717, 1.165) is 0 Å². The van der Waals surface area contributed by atoms with E-state index in [0.29, 0.717) is 17.6 Å². The molecule has 0 fully saturated rings. The molecule has 22 heavy (non-hydrogen) atoms. The van der Waals surface area contributed by atoms with Crippen molar-refractivity contribution >= 4 is 22.9 Å². The summed E-state index contributed by atoms with van der Waals surface area (Å²) >= 11 is 0. The van der Waals surface area contributed by atoms with E-state index in [1.54, 1.807) is 24.3 Å². The smallest absolute Gasteiger partial charge is 0.326 e. The van der Waals surface area contributed by atoms with Gasteiger partial charge in [0.25, 0.3) is 0 Å². The first-order valence-corrected chi connectivity index (χ1v) is 7.05. The highest BCUT2D eigenvalue weighted by atomic mass is 16.4. The molecule has 2 aromatic rings. The lowest BCUT2D eigenvalue weighted by atomic mass is 10.2. The molecule has 0 aliphatic heterocycles. The molecule has 1 aromatic carbocycles. The fraction of sp³-hybridized carbons (Fsp3) is 0.400. The number of nitrogens with one attached hydrogen (secondary N) is 1. The van der Waals surface area contributed by atoms with Gasteiger partial charge in [0.05, 0.1) is 11.0 Å². The Labute approximate surface area is 127 Å². The summed E-state index contributed by atoms with van der Waals surface area (Å²) in [5, 5.41) is 8.93. The summed E-state index contributed by atoms with van der Waals surface area (Å²) in [6.07, 6.45) is 0. The molecule has 0 aliphatic carbocycles. The van der Waals surface area contributed by atoms with Gasteiger partial charge in [-0.25, -0.2) is 4.79 Å². The van der Waals surface area contributed by atoms with Crippen molar-refractivity contribution in [2.75, 3.05) is 13.1 Å². The van der Waals surface area contributed by atoms with Crippen LogP contribution >= 0.6 is 0 Å². The van der Waals surface area contributed by atoms with Crippen molar-refractivity contribution in [3.63, 3.8) is 0 Å². The number of H-pyrrole nitrogens is 1. The Kier molecular flexibility index (Phi) is 4.65. The van der Waals surface area contributed by atoms with Crippen molar-refractivity contribution in [1.82, 2.24) is 14.5 Å². The molecule has 118 valence electrons. The summed E-state index contributed by atoms with van der Waals surface area (Å²) in [6.45, 7) is 3.60. The molecule has 0 saturated carbocycles. The fourth-order valence-corrected chi connectivity index (χ4v) is 2.36. The van der Waals surface area contributed by atoms with Gasteiger partial charge in [0.1, 0.15) is 13.1 Å². The maximum absolute atomic E-state index is 12.4. The molecule has 0 unspecified atom stereocenters. The Morgan fingerprint density at radius 3 is 2.64 bits per heavy atom. The van der Waals surface area contributed by atoms with Crippen LogP contribution in [-0.2, 0) is 16.1 Å². The molecule has 1 heterocycles. The van der Waals surface area contributed by atoms with Crippen molar-refractivity contribution in [3.05, 3.63) is 34.7 Å². The van der Waals surface area contributed by atoms with E-state index in [1.165, 1.54) is 9.47 Å². The molecular weight excluding hydrogens is 286 g/mol. The van der Waals surface area contributed by atoms with Crippen LogP contribution in [0.4, 0.5) is 0 Å². The number of fused-ring (bicyclic) bond motifs is 1. The molecule has 7 heteroatoms. The van der Waals surface area contributed by atoms with Crippen LogP contribution in [-0.4, -0.2) is 44.5 Å². The molecule has 0 atom stereocenters. The number of benzene rings is 1. The van der Waals surface area contributed by atoms with E-state index in [-0.39, 0.29) is 30.6 Å². The maximum Gasteiger partial charge on any atom is 0.326 e. The summed E-state index contributed by atoms with van der Waals surface area (Å²) in [7, 11) is 0. The number of carbonyl (C=O) groups excluding carboxylic acids is 1. The van der Waals surface area contributed by atoms with E-state index in [9.17, 15) is 14.4 Å². The monoisotopic (exact) mass is 305 g/mol. The van der Waals surface area contributed by atoms with Gasteiger partial charge in [-0.3, -0.25) is 14.2 Å². The van der Waals surface area contributed by atoms with Gasteiger partial charge in [0.15, 0.2) is 0 Å². The number of hydrogen-bond acceptors (Lipinski definition) is 3. The SMILES string of the molecule is CC(C)CN(CC(=O)O)C(=O)Cn1c(=O)[nH]c2ccccc21. The molecular formula is C15H19N3O4. The summed E-state index contributed by atoms with van der Waals surface area (Å²) in [5.74, 6) is -1.31. The summed E-state index contributed by atoms with van der Waals surface area (Å²) < 4.78 is 1.33. The number of carboxylic acid groups (broad SMARTS) is 1. The zero-order valence-corrected chi connectivity index (χ0v) is 12.6. The van der Waals surface area contributed by atoms with E-state index in [4.69, 9.17) is 5.11 Å². The molecule has 0 bridgehead atoms. The molecule has 1 amide bonds. The Morgan fingerprint density at radius 1 is 1.32 bits per heavy atom. The Morgan fingerprint density at radius 2 is 2.00 bits per heavy atom. The molecule has 0 radical (unpaired) electrons. The third kappa shape index (κ3) is 3.55. The first-order valence-electron chi connectivity index (χ1n) is 7.05. The average molecular weight is 305 g/mol. The molecule has 0 saturated heterocycles. The zero-order valence-electron chi connectivity index (χ0n) is 12.6. The second kappa shape index (κ2) is 6.46. The third-order valence-corrected chi connectivity index (χ3v) is 3.24. The van der Waals surface area contributed by atoms with Gasteiger partial charge in [-0.05, 0) is 18.1 Å². The number of para-hydroxylation sites is 2. The number of carboxylic acids is 1. The molecule has 0 spiro atoms. The minimum Gasteiger partial charge on any atom is -0.480 e. The van der Waals surface area contributed by atoms with E-state index >= 15 is 0 Å². The van der Waals surface area contributed by atoms with Gasteiger partial charge in [0, 0.05) is 6.54 Å². The first kappa shape index (κ1) is 15.8. The van der Waals surface area contributed by atoms with Gasteiger partial charge in [-0.15, -0.1) is 0 Å². The second-order valence-electron chi connectivity index (χ2n) is 5.60. The number of hydrogen-bond donors (Lipinski definition) is 2. The van der Waals surface area contributed by atoms with Crippen molar-refractivity contribution in [2.45, 2.75) is 20.4 Å². The van der Waals surface area contributed by atoms with Crippen LogP contribution in [0.15, 0.2) is 29.1 Å². The predicted octanol–water partition coefficient (Wildman–Crippen LogP) is 0.899. The number of aromatic amines is 1. The van der Waals surface area contributed by atoms with Gasteiger partial charge in [0.2, 0.25) is 5.91 Å². The van der Waals surface area contributed by atoms with Crippen molar-refractivity contribution < 1.29 is 14.7 Å². The van der Waals surface area contributed by atoms with Crippen LogP contribution in [0.25, 0.3) is 11.0 Å². The second-order valence-corrected chi connectivity index (χ2v) is 5.60. The summed E-state index contributed by atoms with van der Waals surface area (Å²) in [4.78, 5) is 39.2. The summed E-state index contributed by atoms with van der Waals surface area (Å²) in [5.41, 5.74) is 0.893. The number of nitrogens with zero attached hydrogens (tertiary/aromatic N) is 2. The van der Waals surface area contributed by atoms with Crippen LogP contribution < -0.4 is 5.69 Å². The van der Waals surface area contributed by atoms with Gasteiger partial charge >= 0.3 is 11.7 Å². The summed E-state index contributed by atoms with van der Waals surface area (Å²) in [6, 6.07) is 7.06. The minimum atomic E-state index is -1.07. The largest absolute Gasteiger partial charge is 0.480 e. The number of imidazole rings is 1. The first-order chi connectivity index (χ1) is 10.4. The van der Waals surface area contributed by atoms with E-state index < -0.39 is 5.97 Å². The predicted molar refractivity (Wildman–Crippen MR) is 81.6 cm³/mol. The highest BCUT2D eigenvalue weighted by Gasteiger charge is 2.20. The quantitative estimate of drug-likeness (QED) is 0.829. The minimum absolute atomic E-state index is 0.142. The normalized spacial score (nSPS) is 11.0. The van der Waals surface area contributed by atoms with Crippen LogP contribution in [0, 0.1) is 5.92 Å². The van der Waals surface area contributed by atoms with Crippen molar-refractivity contribution in [2.24, 2.45) is 5.92 Å². The van der Waals surface area contributed by atoms with Crippen molar-refractivity contribution in [1.29, 1.82) is 0 Å². The molecule has 2 N–H and O–H groups in total.